The van der Waals surface area contributed by atoms with Gasteiger partial charge in [0.2, 0.25) is 15.9 Å². The van der Waals surface area contributed by atoms with Crippen molar-refractivity contribution >= 4 is 15.9 Å². The molecule has 0 spiro atoms. The van der Waals surface area contributed by atoms with E-state index in [0.29, 0.717) is 6.42 Å². The number of hydrogen-bond acceptors (Lipinski definition) is 3. The van der Waals surface area contributed by atoms with E-state index in [9.17, 15) is 13.2 Å². The molecule has 1 atom stereocenters. The van der Waals surface area contributed by atoms with Gasteiger partial charge in [-0.05, 0) is 19.1 Å². The Balaban J connectivity index is 2.59. The fourth-order valence-corrected chi connectivity index (χ4v) is 2.63. The summed E-state index contributed by atoms with van der Waals surface area (Å²) < 4.78 is 26.4. The lowest BCUT2D eigenvalue weighted by atomic mass is 10.3. The highest BCUT2D eigenvalue weighted by Gasteiger charge is 2.16. The monoisotopic (exact) mass is 270 g/mol. The molecule has 0 heterocycles. The second-order valence-corrected chi connectivity index (χ2v) is 5.71. The van der Waals surface area contributed by atoms with Crippen molar-refractivity contribution in [2.24, 2.45) is 0 Å². The van der Waals surface area contributed by atoms with Crippen LogP contribution in [0.5, 0.6) is 0 Å². The largest absolute Gasteiger partial charge is 0.355 e. The number of hydrogen-bond donors (Lipinski definition) is 2. The maximum Gasteiger partial charge on any atom is 0.240 e. The number of benzene rings is 1. The summed E-state index contributed by atoms with van der Waals surface area (Å²) in [7, 11) is -3.52. The van der Waals surface area contributed by atoms with Gasteiger partial charge in [0.15, 0.2) is 0 Å². The lowest BCUT2D eigenvalue weighted by Gasteiger charge is -2.14. The van der Waals surface area contributed by atoms with E-state index in [4.69, 9.17) is 0 Å². The quantitative estimate of drug-likeness (QED) is 0.805. The lowest BCUT2D eigenvalue weighted by molar-refractivity contribution is -0.120. The van der Waals surface area contributed by atoms with Gasteiger partial charge in [-0.1, -0.05) is 25.1 Å². The van der Waals surface area contributed by atoms with Crippen molar-refractivity contribution in [3.05, 3.63) is 30.3 Å². The van der Waals surface area contributed by atoms with Crippen molar-refractivity contribution in [1.29, 1.82) is 0 Å². The van der Waals surface area contributed by atoms with Crippen molar-refractivity contribution < 1.29 is 13.2 Å². The maximum absolute atomic E-state index is 11.9. The van der Waals surface area contributed by atoms with Crippen molar-refractivity contribution in [1.82, 2.24) is 10.0 Å². The topological polar surface area (TPSA) is 75.3 Å². The zero-order valence-corrected chi connectivity index (χ0v) is 11.3. The van der Waals surface area contributed by atoms with E-state index < -0.39 is 10.0 Å². The molecule has 0 radical (unpaired) electrons. The number of amides is 1. The molecule has 2 N–H and O–H groups in total. The van der Waals surface area contributed by atoms with Gasteiger partial charge in [-0.15, -0.1) is 0 Å². The average molecular weight is 270 g/mol. The van der Waals surface area contributed by atoms with Crippen LogP contribution < -0.4 is 10.0 Å². The summed E-state index contributed by atoms with van der Waals surface area (Å²) >= 11 is 0. The molecule has 100 valence electrons. The molecule has 1 amide bonds. The molecule has 0 bridgehead atoms. The highest BCUT2D eigenvalue weighted by molar-refractivity contribution is 7.89. The first-order chi connectivity index (χ1) is 8.45. The summed E-state index contributed by atoms with van der Waals surface area (Å²) in [6.45, 7) is 3.73. The van der Waals surface area contributed by atoms with Crippen molar-refractivity contribution in [3.63, 3.8) is 0 Å². The van der Waals surface area contributed by atoms with Gasteiger partial charge in [-0.3, -0.25) is 4.79 Å². The van der Waals surface area contributed by atoms with Gasteiger partial charge in [0.25, 0.3) is 0 Å². The normalized spacial score (nSPS) is 13.0. The maximum atomic E-state index is 11.9. The molecule has 0 aliphatic rings. The fourth-order valence-electron chi connectivity index (χ4n) is 1.37. The molecule has 0 aliphatic heterocycles. The standard InChI is InChI=1S/C12H18N2O3S/c1-3-12(15)13-9-10(2)14-18(16,17)11-7-5-4-6-8-11/h4-8,10,14H,3,9H2,1-2H3,(H,13,15). The fraction of sp³-hybridized carbons (Fsp3) is 0.417. The van der Waals surface area contributed by atoms with Crippen molar-refractivity contribution in [2.75, 3.05) is 6.54 Å². The predicted octanol–water partition coefficient (Wildman–Crippen LogP) is 0.880. The first kappa shape index (κ1) is 14.7. The molecule has 6 heteroatoms. The highest BCUT2D eigenvalue weighted by atomic mass is 32.2. The van der Waals surface area contributed by atoms with E-state index in [-0.39, 0.29) is 23.4 Å². The summed E-state index contributed by atoms with van der Waals surface area (Å²) in [5, 5.41) is 2.64. The summed E-state index contributed by atoms with van der Waals surface area (Å²) in [5.74, 6) is -0.0965. The van der Waals surface area contributed by atoms with E-state index in [1.165, 1.54) is 12.1 Å². The summed E-state index contributed by atoms with van der Waals surface area (Å²) in [5.41, 5.74) is 0. The van der Waals surface area contributed by atoms with Crippen LogP contribution in [0.1, 0.15) is 20.3 Å². The lowest BCUT2D eigenvalue weighted by Crippen LogP contribution is -2.41. The van der Waals surface area contributed by atoms with Crippen molar-refractivity contribution in [3.8, 4) is 0 Å². The second-order valence-electron chi connectivity index (χ2n) is 3.99. The smallest absolute Gasteiger partial charge is 0.240 e. The molecule has 5 nitrogen and oxygen atoms in total. The molecule has 1 aromatic carbocycles. The second kappa shape index (κ2) is 6.51. The SMILES string of the molecule is CCC(=O)NCC(C)NS(=O)(=O)c1ccccc1. The molecule has 0 saturated carbocycles. The first-order valence-corrected chi connectivity index (χ1v) is 7.28. The Labute approximate surface area is 108 Å². The molecular weight excluding hydrogens is 252 g/mol. The zero-order valence-electron chi connectivity index (χ0n) is 10.5. The molecule has 0 saturated heterocycles. The predicted molar refractivity (Wildman–Crippen MR) is 69.5 cm³/mol. The van der Waals surface area contributed by atoms with Crippen molar-refractivity contribution in [2.45, 2.75) is 31.2 Å². The van der Waals surface area contributed by atoms with Crippen LogP contribution in [0.25, 0.3) is 0 Å². The van der Waals surface area contributed by atoms with Gasteiger partial charge in [-0.2, -0.15) is 0 Å². The van der Waals surface area contributed by atoms with Crippen LogP contribution in [0.3, 0.4) is 0 Å². The highest BCUT2D eigenvalue weighted by Crippen LogP contribution is 2.07. The summed E-state index contributed by atoms with van der Waals surface area (Å²) in [6, 6.07) is 7.78. The van der Waals surface area contributed by atoms with Gasteiger partial charge in [0.1, 0.15) is 0 Å². The van der Waals surface area contributed by atoms with Crippen LogP contribution in [0.2, 0.25) is 0 Å². The van der Waals surface area contributed by atoms with Gasteiger partial charge in [-0.25, -0.2) is 13.1 Å². The minimum Gasteiger partial charge on any atom is -0.355 e. The Bertz CT molecular complexity index is 485. The molecule has 18 heavy (non-hydrogen) atoms. The van der Waals surface area contributed by atoms with Gasteiger partial charge >= 0.3 is 0 Å². The average Bonchev–Trinajstić information content (AvgIpc) is 2.36. The van der Waals surface area contributed by atoms with Gasteiger partial charge in [0.05, 0.1) is 4.90 Å². The molecular formula is C12H18N2O3S. The van der Waals surface area contributed by atoms with Gasteiger partial charge in [0, 0.05) is 19.0 Å². The summed E-state index contributed by atoms with van der Waals surface area (Å²) in [4.78, 5) is 11.3. The van der Waals surface area contributed by atoms with Gasteiger partial charge < -0.3 is 5.32 Å². The van der Waals surface area contributed by atoms with E-state index in [1.54, 1.807) is 32.0 Å². The summed E-state index contributed by atoms with van der Waals surface area (Å²) in [6.07, 6.45) is 0.387. The van der Waals surface area contributed by atoms with Crippen LogP contribution in [-0.2, 0) is 14.8 Å². The Morgan fingerprint density at radius 2 is 1.89 bits per heavy atom. The third-order valence-electron chi connectivity index (χ3n) is 2.34. The van der Waals surface area contributed by atoms with Crippen LogP contribution in [0, 0.1) is 0 Å². The van der Waals surface area contributed by atoms with E-state index in [1.807, 2.05) is 0 Å². The molecule has 1 rings (SSSR count). The third kappa shape index (κ3) is 4.46. The molecule has 1 unspecified atom stereocenters. The number of nitrogens with one attached hydrogen (secondary N) is 2. The van der Waals surface area contributed by atoms with E-state index >= 15 is 0 Å². The third-order valence-corrected chi connectivity index (χ3v) is 3.94. The molecule has 1 aromatic rings. The number of rotatable bonds is 6. The van der Waals surface area contributed by atoms with Crippen LogP contribution in [-0.4, -0.2) is 26.9 Å². The minimum atomic E-state index is -3.52. The Morgan fingerprint density at radius 3 is 2.44 bits per heavy atom. The molecule has 0 fully saturated rings. The molecule has 0 aromatic heterocycles. The number of sulfonamides is 1. The Kier molecular flexibility index (Phi) is 5.30. The minimum absolute atomic E-state index is 0.0965. The number of carbonyl (C=O) groups excluding carboxylic acids is 1. The van der Waals surface area contributed by atoms with Crippen LogP contribution in [0.4, 0.5) is 0 Å². The molecule has 0 aliphatic carbocycles. The zero-order chi connectivity index (χ0) is 13.6. The number of carbonyl (C=O) groups is 1. The Hall–Kier alpha value is -1.40. The van der Waals surface area contributed by atoms with Crippen LogP contribution >= 0.6 is 0 Å². The van der Waals surface area contributed by atoms with Crippen LogP contribution in [0.15, 0.2) is 35.2 Å². The Morgan fingerprint density at radius 1 is 1.28 bits per heavy atom. The first-order valence-electron chi connectivity index (χ1n) is 5.79. The van der Waals surface area contributed by atoms with E-state index in [2.05, 4.69) is 10.0 Å². The van der Waals surface area contributed by atoms with E-state index in [0.717, 1.165) is 0 Å².